The quantitative estimate of drug-likeness (QED) is 0.507. The molecule has 0 fully saturated rings. The molecule has 5 heteroatoms. The number of nitrogens with zero attached hydrogens (tertiary/aromatic N) is 2. The minimum atomic E-state index is -0.545. The average Bonchev–Trinajstić information content (AvgIpc) is 2.41. The van der Waals surface area contributed by atoms with Crippen LogP contribution in [-0.4, -0.2) is 31.8 Å². The van der Waals surface area contributed by atoms with Gasteiger partial charge in [-0.1, -0.05) is 61.5 Å². The Balaban J connectivity index is -0.00000161. The Hall–Kier alpha value is 0.266. The summed E-state index contributed by atoms with van der Waals surface area (Å²) in [6.07, 6.45) is 2.08. The number of aromatic nitrogens is 1. The third-order valence-corrected chi connectivity index (χ3v) is 8.69. The Labute approximate surface area is 173 Å². The molecule has 0 aliphatic heterocycles. The fraction of sp³-hybridized carbons (Fsp3) is 0.737. The molecule has 0 saturated carbocycles. The molecule has 0 aliphatic rings. The van der Waals surface area contributed by atoms with Crippen LogP contribution in [0.3, 0.4) is 0 Å². The van der Waals surface area contributed by atoms with Crippen LogP contribution in [0, 0.1) is 0 Å². The largest absolute Gasteiger partial charge is 1.00 e. The maximum Gasteiger partial charge on any atom is 0.0659 e. The van der Waals surface area contributed by atoms with Gasteiger partial charge in [0.05, 0.1) is 8.80 Å². The van der Waals surface area contributed by atoms with E-state index >= 15 is 0 Å². The van der Waals surface area contributed by atoms with Crippen LogP contribution < -0.4 is 12.4 Å². The topological polar surface area (TPSA) is 16.1 Å². The van der Waals surface area contributed by atoms with Gasteiger partial charge >= 0.3 is 0 Å². The Morgan fingerprint density at radius 3 is 1.83 bits per heavy atom. The average molecular weight is 549 g/mol. The van der Waals surface area contributed by atoms with E-state index in [9.17, 15) is 0 Å². The van der Waals surface area contributed by atoms with Crippen LogP contribution in [0.5, 0.6) is 0 Å². The SMILES string of the molecule is CCN(CC)Cc1ccc(C[Si](C(C)(C)C)C(C)(C)C)nc1.[Cl-].[HH].[Ir]. The number of hydrogen-bond donors (Lipinski definition) is 0. The van der Waals surface area contributed by atoms with Crippen LogP contribution >= 0.6 is 0 Å². The van der Waals surface area contributed by atoms with Gasteiger partial charge in [-0.3, -0.25) is 9.88 Å². The molecule has 0 N–H and O–H groups in total. The van der Waals surface area contributed by atoms with Gasteiger partial charge in [0.25, 0.3) is 0 Å². The second kappa shape index (κ2) is 11.1. The first-order valence-corrected chi connectivity index (χ1v) is 10.3. The van der Waals surface area contributed by atoms with Crippen LogP contribution in [0.2, 0.25) is 10.1 Å². The smallest absolute Gasteiger partial charge is 0.0659 e. The van der Waals surface area contributed by atoms with Crippen molar-refractivity contribution in [3.63, 3.8) is 0 Å². The second-order valence-electron chi connectivity index (χ2n) is 8.27. The van der Waals surface area contributed by atoms with Crippen molar-refractivity contribution in [2.45, 2.75) is 78.1 Å². The van der Waals surface area contributed by atoms with Gasteiger partial charge in [0.2, 0.25) is 0 Å². The zero-order chi connectivity index (χ0) is 17.0. The zero-order valence-corrected chi connectivity index (χ0v) is 20.8. The van der Waals surface area contributed by atoms with E-state index in [0.29, 0.717) is 10.1 Å². The number of rotatable bonds is 6. The van der Waals surface area contributed by atoms with Gasteiger partial charge in [0.1, 0.15) is 0 Å². The third-order valence-electron chi connectivity index (χ3n) is 4.36. The molecule has 0 bridgehead atoms. The van der Waals surface area contributed by atoms with E-state index in [2.05, 4.69) is 78.6 Å². The molecule has 1 aromatic rings. The van der Waals surface area contributed by atoms with E-state index < -0.39 is 8.80 Å². The third kappa shape index (κ3) is 8.58. The fourth-order valence-corrected chi connectivity index (χ4v) is 7.08. The molecule has 0 amide bonds. The summed E-state index contributed by atoms with van der Waals surface area (Å²) in [6.45, 7) is 22.0. The first-order valence-electron chi connectivity index (χ1n) is 8.60. The molecule has 24 heavy (non-hydrogen) atoms. The zero-order valence-electron chi connectivity index (χ0n) is 16.7. The summed E-state index contributed by atoms with van der Waals surface area (Å²) in [5, 5.41) is 0.787. The summed E-state index contributed by atoms with van der Waals surface area (Å²) in [5.41, 5.74) is 2.59. The Morgan fingerprint density at radius 1 is 1.00 bits per heavy atom. The first kappa shape index (κ1) is 26.5. The maximum absolute atomic E-state index is 4.77. The standard InChI is InChI=1S/C19H35N2Si.ClH.Ir.H2/c1-9-21(10-2)14-16-11-12-17(20-13-16)15-22(18(3,4)5)19(6,7)8;;;/h11-13H,9-10,14-15H2,1-8H3;1H;;1H/p-1. The Bertz CT molecular complexity index is 440. The molecule has 1 heterocycles. The number of halogens is 1. The van der Waals surface area contributed by atoms with Crippen molar-refractivity contribution in [2.75, 3.05) is 13.1 Å². The summed E-state index contributed by atoms with van der Waals surface area (Å²) in [7, 11) is -0.545. The molecular formula is C19H37ClIrN2Si-. The van der Waals surface area contributed by atoms with E-state index in [1.54, 1.807) is 0 Å². The van der Waals surface area contributed by atoms with Crippen molar-refractivity contribution in [1.82, 2.24) is 9.88 Å². The maximum atomic E-state index is 4.77. The van der Waals surface area contributed by atoms with Crippen LogP contribution in [0.15, 0.2) is 18.3 Å². The van der Waals surface area contributed by atoms with Crippen LogP contribution in [-0.2, 0) is 32.7 Å². The minimum Gasteiger partial charge on any atom is -1.00 e. The van der Waals surface area contributed by atoms with Crippen LogP contribution in [0.4, 0.5) is 0 Å². The van der Waals surface area contributed by atoms with E-state index in [-0.39, 0.29) is 33.9 Å². The summed E-state index contributed by atoms with van der Waals surface area (Å²) < 4.78 is 0. The van der Waals surface area contributed by atoms with Crippen molar-refractivity contribution < 1.29 is 33.9 Å². The predicted octanol–water partition coefficient (Wildman–Crippen LogP) is 2.35. The molecule has 1 aromatic heterocycles. The molecule has 1 rings (SSSR count). The molecule has 2 radical (unpaired) electrons. The van der Waals surface area contributed by atoms with Gasteiger partial charge in [-0.2, -0.15) is 0 Å². The van der Waals surface area contributed by atoms with E-state index in [4.69, 9.17) is 4.98 Å². The monoisotopic (exact) mass is 549 g/mol. The molecule has 0 aliphatic carbocycles. The predicted molar refractivity (Wildman–Crippen MR) is 102 cm³/mol. The van der Waals surface area contributed by atoms with Gasteiger partial charge in [0.15, 0.2) is 0 Å². The molecule has 0 aromatic carbocycles. The summed E-state index contributed by atoms with van der Waals surface area (Å²) in [5.74, 6) is 0. The van der Waals surface area contributed by atoms with Gasteiger partial charge in [-0.15, -0.1) is 0 Å². The fourth-order valence-electron chi connectivity index (χ4n) is 3.20. The molecular weight excluding hydrogens is 512 g/mol. The van der Waals surface area contributed by atoms with Gasteiger partial charge < -0.3 is 12.4 Å². The summed E-state index contributed by atoms with van der Waals surface area (Å²) >= 11 is 0. The van der Waals surface area contributed by atoms with E-state index in [1.807, 2.05) is 0 Å². The number of pyridine rings is 1. The minimum absolute atomic E-state index is 0. The molecule has 0 spiro atoms. The normalized spacial score (nSPS) is 12.1. The van der Waals surface area contributed by atoms with Gasteiger partial charge in [0, 0.05) is 40.0 Å². The Morgan fingerprint density at radius 2 is 1.50 bits per heavy atom. The molecule has 0 unspecified atom stereocenters. The molecule has 0 atom stereocenters. The second-order valence-corrected chi connectivity index (χ2v) is 12.6. The first-order chi connectivity index (χ1) is 10.1. The van der Waals surface area contributed by atoms with Crippen molar-refractivity contribution in [3.05, 3.63) is 29.6 Å². The van der Waals surface area contributed by atoms with Crippen molar-refractivity contribution in [3.8, 4) is 0 Å². The number of hydrogen-bond acceptors (Lipinski definition) is 2. The van der Waals surface area contributed by atoms with Crippen molar-refractivity contribution in [2.24, 2.45) is 0 Å². The molecule has 2 nitrogen and oxygen atoms in total. The molecule has 144 valence electrons. The summed E-state index contributed by atoms with van der Waals surface area (Å²) in [6, 6.07) is 5.68. The van der Waals surface area contributed by atoms with Crippen molar-refractivity contribution >= 4 is 8.80 Å². The van der Waals surface area contributed by atoms with Gasteiger partial charge in [-0.25, -0.2) is 0 Å². The van der Waals surface area contributed by atoms with Crippen molar-refractivity contribution in [1.29, 1.82) is 0 Å². The Kier molecular flexibility index (Phi) is 12.2. The van der Waals surface area contributed by atoms with Gasteiger partial charge in [-0.05, 0) is 40.8 Å². The molecule has 0 saturated heterocycles. The van der Waals surface area contributed by atoms with Crippen LogP contribution in [0.1, 0.15) is 68.1 Å². The summed E-state index contributed by atoms with van der Waals surface area (Å²) in [4.78, 5) is 7.19. The van der Waals surface area contributed by atoms with E-state index in [1.165, 1.54) is 11.3 Å². The van der Waals surface area contributed by atoms with E-state index in [0.717, 1.165) is 25.7 Å². The van der Waals surface area contributed by atoms with Crippen LogP contribution in [0.25, 0.3) is 0 Å².